The Morgan fingerprint density at radius 2 is 1.79 bits per heavy atom. The van der Waals surface area contributed by atoms with Gasteiger partial charge in [-0.15, -0.1) is 11.6 Å². The smallest absolute Gasteiger partial charge is 0.225 e. The molecule has 1 rings (SSSR count). The lowest BCUT2D eigenvalue weighted by Gasteiger charge is -2.16. The molecule has 0 aliphatic carbocycles. The number of rotatable bonds is 10. The van der Waals surface area contributed by atoms with Gasteiger partial charge in [0.15, 0.2) is 11.7 Å². The van der Waals surface area contributed by atoms with Crippen LogP contribution in [0.1, 0.15) is 24.0 Å². The van der Waals surface area contributed by atoms with Crippen molar-refractivity contribution >= 4 is 29.3 Å². The summed E-state index contributed by atoms with van der Waals surface area (Å²) in [6.07, 6.45) is 1.18. The molecule has 7 nitrogen and oxygen atoms in total. The van der Waals surface area contributed by atoms with Crippen molar-refractivity contribution in [2.24, 2.45) is 22.2 Å². The number of nitrogens with one attached hydrogen (secondary N) is 1. The quantitative estimate of drug-likeness (QED) is 0.203. The maximum Gasteiger partial charge on any atom is 0.225 e. The Labute approximate surface area is 146 Å². The molecule has 7 N–H and O–H groups in total. The zero-order valence-electron chi connectivity index (χ0n) is 13.5. The first-order chi connectivity index (χ1) is 11.5. The summed E-state index contributed by atoms with van der Waals surface area (Å²) in [5.74, 6) is -0.618. The second-order valence-electron chi connectivity index (χ2n) is 5.37. The molecule has 0 saturated heterocycles. The highest BCUT2D eigenvalue weighted by Gasteiger charge is 2.19. The van der Waals surface area contributed by atoms with E-state index >= 15 is 0 Å². The molecular weight excluding hydrogens is 330 g/mol. The van der Waals surface area contributed by atoms with Gasteiger partial charge in [-0.05, 0) is 24.0 Å². The molecule has 0 aliphatic heterocycles. The molecule has 0 aromatic heterocycles. The van der Waals surface area contributed by atoms with Crippen LogP contribution < -0.4 is 22.5 Å². The number of nitrogens with zero attached hydrogens (tertiary/aromatic N) is 1. The number of hydrogen-bond acceptors (Lipinski definition) is 4. The summed E-state index contributed by atoms with van der Waals surface area (Å²) in [7, 11) is 0. The molecule has 0 saturated carbocycles. The number of Topliss-reactive ketones (excluding diaryl/α,β-unsaturated/α-hetero) is 1. The lowest BCUT2D eigenvalue weighted by molar-refractivity contribution is -0.126. The maximum atomic E-state index is 12.1. The Balaban J connectivity index is 2.55. The molecule has 0 unspecified atom stereocenters. The molecular formula is C16H24ClN5O2. The van der Waals surface area contributed by atoms with E-state index < -0.39 is 6.04 Å². The van der Waals surface area contributed by atoms with E-state index in [1.54, 1.807) is 0 Å². The van der Waals surface area contributed by atoms with Crippen molar-refractivity contribution in [3.63, 3.8) is 0 Å². The van der Waals surface area contributed by atoms with Crippen LogP contribution in [0.2, 0.25) is 0 Å². The lowest BCUT2D eigenvalue weighted by atomic mass is 10.1. The minimum atomic E-state index is -0.632. The Bertz CT molecular complexity index is 570. The number of benzene rings is 1. The molecule has 1 amide bonds. The third-order valence-electron chi connectivity index (χ3n) is 3.42. The lowest BCUT2D eigenvalue weighted by Crippen LogP contribution is -2.42. The van der Waals surface area contributed by atoms with Gasteiger partial charge in [0.2, 0.25) is 5.91 Å². The first kappa shape index (κ1) is 19.9. The average molecular weight is 354 g/mol. The number of carbonyl (C=O) groups is 2. The van der Waals surface area contributed by atoms with Gasteiger partial charge in [0, 0.05) is 13.1 Å². The van der Waals surface area contributed by atoms with Crippen LogP contribution in [-0.4, -0.2) is 36.1 Å². The molecule has 1 aromatic rings. The highest BCUT2D eigenvalue weighted by atomic mass is 35.5. The summed E-state index contributed by atoms with van der Waals surface area (Å²) < 4.78 is 0. The van der Waals surface area contributed by atoms with E-state index in [-0.39, 0.29) is 30.0 Å². The number of guanidine groups is 1. The molecule has 0 fully saturated rings. The van der Waals surface area contributed by atoms with Gasteiger partial charge >= 0.3 is 0 Å². The van der Waals surface area contributed by atoms with E-state index in [0.717, 1.165) is 11.1 Å². The van der Waals surface area contributed by atoms with E-state index in [2.05, 4.69) is 10.3 Å². The van der Waals surface area contributed by atoms with Crippen molar-refractivity contribution in [3.8, 4) is 0 Å². The summed E-state index contributed by atoms with van der Waals surface area (Å²) in [6, 6.07) is 6.81. The molecule has 0 aliphatic rings. The van der Waals surface area contributed by atoms with Crippen LogP contribution in [0.3, 0.4) is 0 Å². The van der Waals surface area contributed by atoms with E-state index in [1.807, 2.05) is 24.3 Å². The van der Waals surface area contributed by atoms with E-state index in [4.69, 9.17) is 28.8 Å². The van der Waals surface area contributed by atoms with Crippen LogP contribution in [0.15, 0.2) is 29.3 Å². The van der Waals surface area contributed by atoms with Crippen molar-refractivity contribution in [3.05, 3.63) is 35.4 Å². The van der Waals surface area contributed by atoms with Gasteiger partial charge in [-0.3, -0.25) is 14.6 Å². The molecule has 1 aromatic carbocycles. The Morgan fingerprint density at radius 1 is 1.17 bits per heavy atom. The highest BCUT2D eigenvalue weighted by molar-refractivity contribution is 6.28. The molecule has 0 bridgehead atoms. The highest BCUT2D eigenvalue weighted by Crippen LogP contribution is 2.06. The van der Waals surface area contributed by atoms with Gasteiger partial charge in [0.25, 0.3) is 0 Å². The van der Waals surface area contributed by atoms with Crippen LogP contribution in [-0.2, 0) is 22.6 Å². The number of ketones is 1. The number of nitrogens with two attached hydrogens (primary N) is 3. The fourth-order valence-electron chi connectivity index (χ4n) is 2.13. The summed E-state index contributed by atoms with van der Waals surface area (Å²) in [5, 5.41) is 2.72. The van der Waals surface area contributed by atoms with Crippen molar-refractivity contribution < 1.29 is 9.59 Å². The number of alkyl halides is 1. The zero-order valence-corrected chi connectivity index (χ0v) is 14.3. The number of halogens is 1. The zero-order chi connectivity index (χ0) is 17.9. The van der Waals surface area contributed by atoms with Crippen molar-refractivity contribution in [2.75, 3.05) is 12.4 Å². The third-order valence-corrected chi connectivity index (χ3v) is 3.69. The summed E-state index contributed by atoms with van der Waals surface area (Å²) >= 11 is 5.61. The van der Waals surface area contributed by atoms with Crippen LogP contribution in [0.25, 0.3) is 0 Å². The third kappa shape index (κ3) is 7.43. The fraction of sp³-hybridized carbons (Fsp3) is 0.438. The second kappa shape index (κ2) is 10.6. The normalized spacial score (nSPS) is 11.6. The summed E-state index contributed by atoms with van der Waals surface area (Å²) in [6.45, 7) is 0.847. The molecule has 0 spiro atoms. The number of hydrogen-bond donors (Lipinski definition) is 4. The minimum absolute atomic E-state index is 0.000168. The summed E-state index contributed by atoms with van der Waals surface area (Å²) in [5.41, 5.74) is 17.9. The van der Waals surface area contributed by atoms with Gasteiger partial charge < -0.3 is 22.5 Å². The van der Waals surface area contributed by atoms with E-state index in [9.17, 15) is 9.59 Å². The van der Waals surface area contributed by atoms with Gasteiger partial charge in [-0.1, -0.05) is 24.3 Å². The van der Waals surface area contributed by atoms with Crippen molar-refractivity contribution in [1.82, 2.24) is 5.32 Å². The van der Waals surface area contributed by atoms with Crippen LogP contribution in [0.5, 0.6) is 0 Å². The molecule has 0 heterocycles. The topological polar surface area (TPSA) is 137 Å². The second-order valence-corrected chi connectivity index (χ2v) is 5.63. The number of aliphatic imine (C=N–C) groups is 1. The first-order valence-corrected chi connectivity index (χ1v) is 8.21. The van der Waals surface area contributed by atoms with Gasteiger partial charge in [-0.2, -0.15) is 0 Å². The Morgan fingerprint density at radius 3 is 2.33 bits per heavy atom. The van der Waals surface area contributed by atoms with Crippen molar-refractivity contribution in [2.45, 2.75) is 31.8 Å². The van der Waals surface area contributed by atoms with Crippen LogP contribution >= 0.6 is 11.6 Å². The number of carbonyl (C=O) groups excluding carboxylic acids is 2. The average Bonchev–Trinajstić information content (AvgIpc) is 2.57. The molecule has 132 valence electrons. The Kier molecular flexibility index (Phi) is 8.81. The van der Waals surface area contributed by atoms with Crippen molar-refractivity contribution in [1.29, 1.82) is 0 Å². The van der Waals surface area contributed by atoms with E-state index in [0.29, 0.717) is 25.9 Å². The minimum Gasteiger partial charge on any atom is -0.370 e. The SMILES string of the molecule is NCc1ccc(CC(=O)N[C@@H](CCCN=C(N)N)C(=O)CCl)cc1. The molecule has 8 heteroatoms. The predicted octanol–water partition coefficient (Wildman–Crippen LogP) is 0.0341. The van der Waals surface area contributed by atoms with Crippen LogP contribution in [0, 0.1) is 0 Å². The van der Waals surface area contributed by atoms with Gasteiger partial charge in [0.05, 0.1) is 18.3 Å². The Hall–Kier alpha value is -2.12. The largest absolute Gasteiger partial charge is 0.370 e. The van der Waals surface area contributed by atoms with Gasteiger partial charge in [0.1, 0.15) is 0 Å². The molecule has 1 atom stereocenters. The van der Waals surface area contributed by atoms with Crippen LogP contribution in [0.4, 0.5) is 0 Å². The maximum absolute atomic E-state index is 12.1. The monoisotopic (exact) mass is 353 g/mol. The fourth-order valence-corrected chi connectivity index (χ4v) is 2.32. The molecule has 0 radical (unpaired) electrons. The first-order valence-electron chi connectivity index (χ1n) is 7.67. The van der Waals surface area contributed by atoms with Gasteiger partial charge in [-0.25, -0.2) is 0 Å². The molecule has 24 heavy (non-hydrogen) atoms. The van der Waals surface area contributed by atoms with E-state index in [1.165, 1.54) is 0 Å². The summed E-state index contributed by atoms with van der Waals surface area (Å²) in [4.78, 5) is 27.9. The standard InChI is InChI=1S/C16H24ClN5O2/c17-9-14(23)13(2-1-7-21-16(19)20)22-15(24)8-11-3-5-12(10-18)6-4-11/h3-6,13H,1-2,7-10,18H2,(H,22,24)(H4,19,20,21)/t13-/m0/s1. The number of amides is 1. The predicted molar refractivity (Wildman–Crippen MR) is 95.6 cm³/mol.